The second-order valence-corrected chi connectivity index (χ2v) is 7.91. The molecule has 0 saturated carbocycles. The van der Waals surface area contributed by atoms with E-state index in [2.05, 4.69) is 10.5 Å². The van der Waals surface area contributed by atoms with Gasteiger partial charge in [-0.2, -0.15) is 0 Å². The van der Waals surface area contributed by atoms with Crippen molar-refractivity contribution in [3.05, 3.63) is 41.3 Å². The average Bonchev–Trinajstić information content (AvgIpc) is 3.04. The van der Waals surface area contributed by atoms with Gasteiger partial charge in [-0.15, -0.1) is 0 Å². The number of carbonyl (C=O) groups is 3. The fourth-order valence-corrected chi connectivity index (χ4v) is 3.33. The lowest BCUT2D eigenvalue weighted by molar-refractivity contribution is -0.131. The Balaban J connectivity index is 1.89. The smallest absolute Gasteiger partial charge is 0.344 e. The first kappa shape index (κ1) is 20.6. The Bertz CT molecular complexity index is 976. The van der Waals surface area contributed by atoms with Gasteiger partial charge in [0.25, 0.3) is 5.91 Å². The minimum atomic E-state index is -1.15. The molecule has 154 valence electrons. The van der Waals surface area contributed by atoms with Crippen molar-refractivity contribution in [1.82, 2.24) is 5.16 Å². The number of hydrogen-bond acceptors (Lipinski definition) is 6. The van der Waals surface area contributed by atoms with E-state index in [9.17, 15) is 14.4 Å². The number of esters is 1. The third-order valence-electron chi connectivity index (χ3n) is 4.98. The number of hydrogen-bond donors (Lipinski definition) is 1. The lowest BCUT2D eigenvalue weighted by atomic mass is 9.95. The molecule has 8 heteroatoms. The van der Waals surface area contributed by atoms with E-state index in [-0.39, 0.29) is 17.4 Å². The first-order chi connectivity index (χ1) is 13.6. The summed E-state index contributed by atoms with van der Waals surface area (Å²) in [5.74, 6) is -1.15. The predicted molar refractivity (Wildman–Crippen MR) is 107 cm³/mol. The average molecular weight is 399 g/mol. The van der Waals surface area contributed by atoms with Crippen molar-refractivity contribution < 1.29 is 23.6 Å². The van der Waals surface area contributed by atoms with Gasteiger partial charge in [0.15, 0.2) is 11.9 Å². The van der Waals surface area contributed by atoms with E-state index in [1.807, 2.05) is 13.8 Å². The number of aryl methyl sites for hydroxylation is 1. The number of nitrogens with zero attached hydrogens (tertiary/aromatic N) is 2. The molecule has 2 heterocycles. The zero-order chi connectivity index (χ0) is 21.5. The molecular formula is C21H25N3O5. The summed E-state index contributed by atoms with van der Waals surface area (Å²) in [4.78, 5) is 39.9. The summed E-state index contributed by atoms with van der Waals surface area (Å²) in [6.07, 6.45) is -1.12. The highest BCUT2D eigenvalue weighted by Gasteiger charge is 2.45. The molecule has 3 rings (SSSR count). The van der Waals surface area contributed by atoms with Crippen LogP contribution in [0.4, 0.5) is 11.4 Å². The molecule has 0 radical (unpaired) electrons. The fourth-order valence-electron chi connectivity index (χ4n) is 3.33. The van der Waals surface area contributed by atoms with Crippen LogP contribution in [0.15, 0.2) is 28.8 Å². The van der Waals surface area contributed by atoms with E-state index < -0.39 is 23.5 Å². The molecule has 1 aliphatic heterocycles. The van der Waals surface area contributed by atoms with Crippen LogP contribution in [0.5, 0.6) is 0 Å². The van der Waals surface area contributed by atoms with Crippen molar-refractivity contribution in [3.63, 3.8) is 0 Å². The van der Waals surface area contributed by atoms with Crippen LogP contribution < -0.4 is 10.2 Å². The second-order valence-electron chi connectivity index (χ2n) is 7.91. The first-order valence-electron chi connectivity index (χ1n) is 9.47. The quantitative estimate of drug-likeness (QED) is 0.791. The summed E-state index contributed by atoms with van der Waals surface area (Å²) in [5, 5.41) is 6.64. The minimum Gasteiger partial charge on any atom is -0.449 e. The Hall–Kier alpha value is -3.16. The number of rotatable bonds is 4. The van der Waals surface area contributed by atoms with E-state index in [0.29, 0.717) is 22.8 Å². The van der Waals surface area contributed by atoms with Gasteiger partial charge < -0.3 is 14.6 Å². The zero-order valence-corrected chi connectivity index (χ0v) is 17.4. The maximum absolute atomic E-state index is 13.3. The molecule has 1 aromatic carbocycles. The lowest BCUT2D eigenvalue weighted by Crippen LogP contribution is -2.60. The van der Waals surface area contributed by atoms with Crippen LogP contribution in [0.25, 0.3) is 0 Å². The van der Waals surface area contributed by atoms with Crippen LogP contribution in [0.1, 0.15) is 62.3 Å². The highest BCUT2D eigenvalue weighted by atomic mass is 16.5. The van der Waals surface area contributed by atoms with Gasteiger partial charge in [0.05, 0.1) is 17.1 Å². The van der Waals surface area contributed by atoms with Crippen LogP contribution >= 0.6 is 0 Å². The van der Waals surface area contributed by atoms with Crippen LogP contribution in [0, 0.1) is 6.92 Å². The van der Waals surface area contributed by atoms with Crippen molar-refractivity contribution in [3.8, 4) is 0 Å². The number of benzene rings is 1. The number of aromatic nitrogens is 1. The van der Waals surface area contributed by atoms with E-state index in [4.69, 9.17) is 9.26 Å². The topological polar surface area (TPSA) is 102 Å². The van der Waals surface area contributed by atoms with Crippen molar-refractivity contribution in [2.45, 2.75) is 59.1 Å². The molecule has 0 unspecified atom stereocenters. The molecule has 2 aromatic rings. The summed E-state index contributed by atoms with van der Waals surface area (Å²) < 4.78 is 10.7. The van der Waals surface area contributed by atoms with Crippen molar-refractivity contribution in [2.24, 2.45) is 0 Å². The van der Waals surface area contributed by atoms with Gasteiger partial charge in [0, 0.05) is 5.92 Å². The molecule has 1 aliphatic rings. The molecule has 0 aliphatic carbocycles. The molecule has 8 nitrogen and oxygen atoms in total. The molecule has 2 amide bonds. The monoisotopic (exact) mass is 399 g/mol. The van der Waals surface area contributed by atoms with Gasteiger partial charge in [-0.3, -0.25) is 14.5 Å². The summed E-state index contributed by atoms with van der Waals surface area (Å²) in [6, 6.07) is 7.00. The van der Waals surface area contributed by atoms with Crippen LogP contribution in [-0.2, 0) is 14.3 Å². The van der Waals surface area contributed by atoms with E-state index in [0.717, 1.165) is 0 Å². The number of fused-ring (bicyclic) bond motifs is 1. The summed E-state index contributed by atoms with van der Waals surface area (Å²) in [7, 11) is 0. The predicted octanol–water partition coefficient (Wildman–Crippen LogP) is 3.42. The van der Waals surface area contributed by atoms with Crippen molar-refractivity contribution in [1.29, 1.82) is 0 Å². The Morgan fingerprint density at radius 1 is 1.21 bits per heavy atom. The number of para-hydroxylation sites is 2. The van der Waals surface area contributed by atoms with Crippen LogP contribution in [-0.4, -0.2) is 34.6 Å². The zero-order valence-electron chi connectivity index (χ0n) is 17.4. The highest BCUT2D eigenvalue weighted by Crippen LogP contribution is 2.37. The maximum Gasteiger partial charge on any atom is 0.344 e. The van der Waals surface area contributed by atoms with Crippen LogP contribution in [0.3, 0.4) is 0 Å². The largest absolute Gasteiger partial charge is 0.449 e. The van der Waals surface area contributed by atoms with E-state index in [1.54, 1.807) is 45.0 Å². The highest BCUT2D eigenvalue weighted by molar-refractivity contribution is 6.15. The molecule has 1 atom stereocenters. The van der Waals surface area contributed by atoms with Crippen molar-refractivity contribution in [2.75, 3.05) is 10.2 Å². The molecule has 29 heavy (non-hydrogen) atoms. The summed E-state index contributed by atoms with van der Waals surface area (Å²) in [5.41, 5.74) is 0.564. The number of nitrogens with one attached hydrogen (secondary N) is 1. The number of carbonyl (C=O) groups excluding carboxylic acids is 3. The molecule has 1 aromatic heterocycles. The van der Waals surface area contributed by atoms with Gasteiger partial charge in [0.2, 0.25) is 5.91 Å². The third-order valence-corrected chi connectivity index (χ3v) is 4.98. The standard InChI is InChI=1S/C21H25N3O5/c1-11(2)17-16(12(3)23-29-17)19(26)28-13(4)18(25)24-15-10-8-7-9-14(15)22-20(27)21(24,5)6/h7-11,13H,1-6H3,(H,22,27)/t13-/m1/s1. The molecule has 1 N–H and O–H groups in total. The molecule has 0 fully saturated rings. The molecular weight excluding hydrogens is 374 g/mol. The van der Waals surface area contributed by atoms with Gasteiger partial charge in [-0.1, -0.05) is 31.1 Å². The maximum atomic E-state index is 13.3. The fraction of sp³-hybridized carbons (Fsp3) is 0.429. The minimum absolute atomic E-state index is 0.0682. The molecule has 0 saturated heterocycles. The Morgan fingerprint density at radius 2 is 1.86 bits per heavy atom. The molecule has 0 spiro atoms. The summed E-state index contributed by atoms with van der Waals surface area (Å²) >= 11 is 0. The van der Waals surface area contributed by atoms with Gasteiger partial charge in [-0.05, 0) is 39.8 Å². The number of anilines is 2. The summed E-state index contributed by atoms with van der Waals surface area (Å²) in [6.45, 7) is 10.2. The SMILES string of the molecule is Cc1noc(C(C)C)c1C(=O)O[C@H](C)C(=O)N1c2ccccc2NC(=O)C1(C)C. The van der Waals surface area contributed by atoms with Gasteiger partial charge >= 0.3 is 5.97 Å². The lowest BCUT2D eigenvalue weighted by Gasteiger charge is -2.42. The Kier molecular flexibility index (Phi) is 5.21. The van der Waals surface area contributed by atoms with Crippen molar-refractivity contribution >= 4 is 29.2 Å². The van der Waals surface area contributed by atoms with E-state index in [1.165, 1.54) is 11.8 Å². The Morgan fingerprint density at radius 3 is 2.52 bits per heavy atom. The van der Waals surface area contributed by atoms with Gasteiger partial charge in [0.1, 0.15) is 11.1 Å². The molecule has 0 bridgehead atoms. The number of ether oxygens (including phenoxy) is 1. The third kappa shape index (κ3) is 3.50. The number of amides is 2. The normalized spacial score (nSPS) is 16.2. The second kappa shape index (κ2) is 7.35. The first-order valence-corrected chi connectivity index (χ1v) is 9.47. The van der Waals surface area contributed by atoms with Gasteiger partial charge in [-0.25, -0.2) is 4.79 Å². The van der Waals surface area contributed by atoms with Crippen LogP contribution in [0.2, 0.25) is 0 Å². The Labute approximate surface area is 169 Å². The van der Waals surface area contributed by atoms with E-state index >= 15 is 0 Å².